The number of hydrogen-bond donors (Lipinski definition) is 1. The highest BCUT2D eigenvalue weighted by Crippen LogP contribution is 2.30. The van der Waals surface area contributed by atoms with Gasteiger partial charge in [0.15, 0.2) is 24.4 Å². The molecule has 25 heavy (non-hydrogen) atoms. The van der Waals surface area contributed by atoms with E-state index >= 15 is 0 Å². The Morgan fingerprint density at radius 2 is 2.08 bits per heavy atom. The number of para-hydroxylation sites is 2. The molecule has 6 nitrogen and oxygen atoms in total. The minimum absolute atomic E-state index is 0.188. The molecule has 0 aromatic heterocycles. The molecular weight excluding hydrogens is 390 g/mol. The van der Waals surface area contributed by atoms with Crippen LogP contribution < -0.4 is 19.5 Å². The first-order valence-electron chi connectivity index (χ1n) is 7.68. The van der Waals surface area contributed by atoms with E-state index in [2.05, 4.69) is 21.2 Å². The van der Waals surface area contributed by atoms with Crippen molar-refractivity contribution in [3.05, 3.63) is 52.5 Å². The molecule has 1 heterocycles. The fourth-order valence-electron chi connectivity index (χ4n) is 2.33. The molecule has 2 aromatic carbocycles. The highest BCUT2D eigenvalue weighted by Gasteiger charge is 2.21. The summed E-state index contributed by atoms with van der Waals surface area (Å²) in [5, 5.41) is 2.74. The molecule has 1 N–H and O–H groups in total. The van der Waals surface area contributed by atoms with Crippen molar-refractivity contribution in [3.63, 3.8) is 0 Å². The van der Waals surface area contributed by atoms with Gasteiger partial charge in [-0.2, -0.15) is 0 Å². The zero-order chi connectivity index (χ0) is 17.6. The Morgan fingerprint density at radius 1 is 1.28 bits per heavy atom. The Bertz CT molecular complexity index is 780. The largest absolute Gasteiger partial charge is 0.486 e. The van der Waals surface area contributed by atoms with Crippen LogP contribution in [0.5, 0.6) is 17.2 Å². The summed E-state index contributed by atoms with van der Waals surface area (Å²) in [5.74, 6) is 1.42. The topological polar surface area (TPSA) is 73.9 Å². The van der Waals surface area contributed by atoms with Crippen molar-refractivity contribution in [2.75, 3.05) is 19.8 Å². The summed E-state index contributed by atoms with van der Waals surface area (Å²) in [5.41, 5.74) is 0.378. The summed E-state index contributed by atoms with van der Waals surface area (Å²) < 4.78 is 17.5. The lowest BCUT2D eigenvalue weighted by Crippen LogP contribution is -2.42. The van der Waals surface area contributed by atoms with Crippen LogP contribution in [-0.2, 0) is 4.79 Å². The lowest BCUT2D eigenvalue weighted by molar-refractivity contribution is -0.123. The summed E-state index contributed by atoms with van der Waals surface area (Å²) >= 11 is 3.28. The second kappa shape index (κ2) is 8.02. The normalized spacial score (nSPS) is 15.3. The smallest absolute Gasteiger partial charge is 0.258 e. The minimum atomic E-state index is -0.303. The number of nitrogens with one attached hydrogen (secondary N) is 1. The van der Waals surface area contributed by atoms with Crippen LogP contribution in [0.3, 0.4) is 0 Å². The van der Waals surface area contributed by atoms with Crippen molar-refractivity contribution >= 4 is 28.1 Å². The number of fused-ring (bicyclic) bond motifs is 1. The third kappa shape index (κ3) is 4.51. The van der Waals surface area contributed by atoms with Crippen LogP contribution in [-0.4, -0.2) is 38.1 Å². The fourth-order valence-corrected chi connectivity index (χ4v) is 2.71. The third-order valence-electron chi connectivity index (χ3n) is 3.55. The number of aldehydes is 1. The number of benzene rings is 2. The van der Waals surface area contributed by atoms with Crippen molar-refractivity contribution in [2.24, 2.45) is 0 Å². The molecule has 7 heteroatoms. The van der Waals surface area contributed by atoms with Gasteiger partial charge in [0.2, 0.25) is 0 Å². The van der Waals surface area contributed by atoms with Gasteiger partial charge in [-0.05, 0) is 30.3 Å². The van der Waals surface area contributed by atoms with Crippen LogP contribution in [0.15, 0.2) is 46.9 Å². The Hall–Kier alpha value is -2.54. The number of halogens is 1. The van der Waals surface area contributed by atoms with Crippen LogP contribution in [0.25, 0.3) is 0 Å². The quantitative estimate of drug-likeness (QED) is 0.747. The van der Waals surface area contributed by atoms with E-state index in [1.54, 1.807) is 18.2 Å². The lowest BCUT2D eigenvalue weighted by atomic mass is 10.2. The molecule has 0 unspecified atom stereocenters. The van der Waals surface area contributed by atoms with Gasteiger partial charge >= 0.3 is 0 Å². The van der Waals surface area contributed by atoms with E-state index in [9.17, 15) is 9.59 Å². The molecule has 3 rings (SSSR count). The second-order valence-electron chi connectivity index (χ2n) is 5.39. The van der Waals surface area contributed by atoms with Gasteiger partial charge < -0.3 is 19.5 Å². The van der Waals surface area contributed by atoms with Crippen LogP contribution in [0.4, 0.5) is 0 Å². The maximum absolute atomic E-state index is 11.9. The molecular formula is C18H16BrNO5. The molecule has 130 valence electrons. The SMILES string of the molecule is O=Cc1cc(Br)ccc1OCC(=O)NC[C@@H]1COc2ccccc2O1. The van der Waals surface area contributed by atoms with Gasteiger partial charge in [0.1, 0.15) is 18.5 Å². The average molecular weight is 406 g/mol. The highest BCUT2D eigenvalue weighted by molar-refractivity contribution is 9.10. The third-order valence-corrected chi connectivity index (χ3v) is 4.05. The molecule has 0 fully saturated rings. The molecule has 0 spiro atoms. The van der Waals surface area contributed by atoms with Crippen molar-refractivity contribution in [3.8, 4) is 17.2 Å². The molecule has 0 saturated heterocycles. The molecule has 1 atom stereocenters. The number of carbonyl (C=O) groups is 2. The highest BCUT2D eigenvalue weighted by atomic mass is 79.9. The maximum atomic E-state index is 11.9. The van der Waals surface area contributed by atoms with Crippen LogP contribution in [0, 0.1) is 0 Å². The van der Waals surface area contributed by atoms with Gasteiger partial charge in [-0.25, -0.2) is 0 Å². The van der Waals surface area contributed by atoms with Gasteiger partial charge in [-0.3, -0.25) is 9.59 Å². The Labute approximate surface area is 153 Å². The van der Waals surface area contributed by atoms with E-state index in [0.717, 1.165) is 4.47 Å². The molecule has 0 aliphatic carbocycles. The monoisotopic (exact) mass is 405 g/mol. The predicted octanol–water partition coefficient (Wildman–Crippen LogP) is 2.60. The molecule has 1 amide bonds. The second-order valence-corrected chi connectivity index (χ2v) is 6.31. The van der Waals surface area contributed by atoms with Crippen molar-refractivity contribution < 1.29 is 23.8 Å². The molecule has 0 saturated carbocycles. The Kier molecular flexibility index (Phi) is 5.55. The van der Waals surface area contributed by atoms with Gasteiger partial charge in [0.25, 0.3) is 5.91 Å². The first-order chi connectivity index (χ1) is 12.2. The number of rotatable bonds is 6. The van der Waals surface area contributed by atoms with Gasteiger partial charge in [0.05, 0.1) is 12.1 Å². The Balaban J connectivity index is 1.47. The van der Waals surface area contributed by atoms with E-state index in [0.29, 0.717) is 42.2 Å². The van der Waals surface area contributed by atoms with Crippen molar-refractivity contribution in [1.82, 2.24) is 5.32 Å². The molecule has 1 aliphatic rings. The summed E-state index contributed by atoms with van der Waals surface area (Å²) in [6.45, 7) is 0.476. The van der Waals surface area contributed by atoms with Gasteiger partial charge in [-0.1, -0.05) is 28.1 Å². The zero-order valence-electron chi connectivity index (χ0n) is 13.2. The van der Waals surface area contributed by atoms with Gasteiger partial charge in [-0.15, -0.1) is 0 Å². The number of ether oxygens (including phenoxy) is 3. The summed E-state index contributed by atoms with van der Waals surface area (Å²) in [6, 6.07) is 12.4. The lowest BCUT2D eigenvalue weighted by Gasteiger charge is -2.26. The first-order valence-corrected chi connectivity index (χ1v) is 8.47. The van der Waals surface area contributed by atoms with Crippen LogP contribution in [0.1, 0.15) is 10.4 Å². The number of amides is 1. The van der Waals surface area contributed by atoms with Gasteiger partial charge in [0, 0.05) is 4.47 Å². The number of hydrogen-bond acceptors (Lipinski definition) is 5. The predicted molar refractivity (Wildman–Crippen MR) is 94.4 cm³/mol. The van der Waals surface area contributed by atoms with E-state index in [-0.39, 0.29) is 18.6 Å². The molecule has 0 radical (unpaired) electrons. The summed E-state index contributed by atoms with van der Waals surface area (Å²) in [4.78, 5) is 23.0. The summed E-state index contributed by atoms with van der Waals surface area (Å²) in [7, 11) is 0. The molecule has 1 aliphatic heterocycles. The zero-order valence-corrected chi connectivity index (χ0v) is 14.8. The van der Waals surface area contributed by atoms with E-state index in [1.165, 1.54) is 0 Å². The minimum Gasteiger partial charge on any atom is -0.486 e. The summed E-state index contributed by atoms with van der Waals surface area (Å²) in [6.07, 6.45) is 0.417. The van der Waals surface area contributed by atoms with E-state index in [1.807, 2.05) is 24.3 Å². The standard InChI is InChI=1S/C18H16BrNO5/c19-13-5-6-15(12(7-13)9-21)24-11-18(22)20-8-14-10-23-16-3-1-2-4-17(16)25-14/h1-7,9,14H,8,10-11H2,(H,20,22)/t14-/m1/s1. The van der Waals surface area contributed by atoms with Crippen LogP contribution >= 0.6 is 15.9 Å². The fraction of sp³-hybridized carbons (Fsp3) is 0.222. The van der Waals surface area contributed by atoms with E-state index < -0.39 is 0 Å². The van der Waals surface area contributed by atoms with Crippen molar-refractivity contribution in [2.45, 2.75) is 6.10 Å². The molecule has 0 bridgehead atoms. The maximum Gasteiger partial charge on any atom is 0.258 e. The first kappa shape index (κ1) is 17.3. The van der Waals surface area contributed by atoms with Crippen molar-refractivity contribution in [1.29, 1.82) is 0 Å². The average Bonchev–Trinajstić information content (AvgIpc) is 2.65. The van der Waals surface area contributed by atoms with E-state index in [4.69, 9.17) is 14.2 Å². The van der Waals surface area contributed by atoms with Crippen LogP contribution in [0.2, 0.25) is 0 Å². The Morgan fingerprint density at radius 3 is 2.88 bits per heavy atom. The number of carbonyl (C=O) groups excluding carboxylic acids is 2. The molecule has 2 aromatic rings.